The van der Waals surface area contributed by atoms with Crippen molar-refractivity contribution in [1.82, 2.24) is 24.4 Å². The van der Waals surface area contributed by atoms with Gasteiger partial charge in [-0.15, -0.1) is 6.58 Å². The minimum absolute atomic E-state index is 0.369. The van der Waals surface area contributed by atoms with Gasteiger partial charge in [-0.05, 0) is 6.92 Å². The molecule has 0 radical (unpaired) electrons. The molecular weight excluding hydrogens is 310 g/mol. The Hall–Kier alpha value is -3.49. The third-order valence-electron chi connectivity index (χ3n) is 3.20. The van der Waals surface area contributed by atoms with Crippen LogP contribution >= 0.6 is 0 Å². The highest BCUT2D eigenvalue weighted by atomic mass is 16.2. The number of carbonyl (C=O) groups excluding carboxylic acids is 2. The van der Waals surface area contributed by atoms with E-state index in [9.17, 15) is 9.59 Å². The lowest BCUT2D eigenvalue weighted by atomic mass is 10.4. The fourth-order valence-corrected chi connectivity index (χ4v) is 2.09. The Morgan fingerprint density at radius 2 is 1.83 bits per heavy atom. The molecule has 3 heterocycles. The SMILES string of the molecule is C=CCn1cc(NC(=O)C(=O)Nc2cnc3c(C)cnn3c2)cn1. The van der Waals surface area contributed by atoms with Gasteiger partial charge in [0.05, 0.1) is 42.7 Å². The van der Waals surface area contributed by atoms with Gasteiger partial charge < -0.3 is 10.6 Å². The predicted molar refractivity (Wildman–Crippen MR) is 87.4 cm³/mol. The fourth-order valence-electron chi connectivity index (χ4n) is 2.09. The molecule has 0 saturated heterocycles. The third kappa shape index (κ3) is 3.14. The molecule has 3 aromatic heterocycles. The van der Waals surface area contributed by atoms with E-state index in [-0.39, 0.29) is 0 Å². The summed E-state index contributed by atoms with van der Waals surface area (Å²) in [7, 11) is 0. The molecule has 0 fully saturated rings. The summed E-state index contributed by atoms with van der Waals surface area (Å²) in [5.74, 6) is -1.61. The second-order valence-corrected chi connectivity index (χ2v) is 5.09. The number of carbonyl (C=O) groups is 2. The van der Waals surface area contributed by atoms with E-state index in [1.165, 1.54) is 16.9 Å². The van der Waals surface area contributed by atoms with Gasteiger partial charge in [0.15, 0.2) is 5.65 Å². The van der Waals surface area contributed by atoms with Crippen LogP contribution in [-0.4, -0.2) is 36.2 Å². The number of rotatable bonds is 4. The first-order valence-corrected chi connectivity index (χ1v) is 7.12. The lowest BCUT2D eigenvalue weighted by Gasteiger charge is -2.05. The first-order chi connectivity index (χ1) is 11.6. The Morgan fingerprint density at radius 1 is 1.12 bits per heavy atom. The van der Waals surface area contributed by atoms with Crippen LogP contribution in [0.3, 0.4) is 0 Å². The smallest absolute Gasteiger partial charge is 0.314 e. The third-order valence-corrected chi connectivity index (χ3v) is 3.20. The van der Waals surface area contributed by atoms with Crippen LogP contribution in [-0.2, 0) is 16.1 Å². The minimum Gasteiger partial charge on any atom is -0.315 e. The highest BCUT2D eigenvalue weighted by molar-refractivity contribution is 6.43. The Balaban J connectivity index is 1.66. The standard InChI is InChI=1S/C15H15N7O2/c1-3-4-21-8-12(7-17-21)20-15(24)14(23)19-11-6-16-13-10(2)5-18-22(13)9-11/h3,5-9H,1,4H2,2H3,(H,19,23)(H,20,24). The van der Waals surface area contributed by atoms with Gasteiger partial charge in [-0.25, -0.2) is 9.50 Å². The average Bonchev–Trinajstić information content (AvgIpc) is 3.14. The topological polar surface area (TPSA) is 106 Å². The van der Waals surface area contributed by atoms with E-state index >= 15 is 0 Å². The molecule has 0 unspecified atom stereocenters. The molecule has 0 atom stereocenters. The normalized spacial score (nSPS) is 10.5. The van der Waals surface area contributed by atoms with Crippen LogP contribution in [0.4, 0.5) is 11.4 Å². The maximum absolute atomic E-state index is 12.0. The molecule has 2 amide bonds. The van der Waals surface area contributed by atoms with Crippen LogP contribution in [0.5, 0.6) is 0 Å². The molecule has 0 aromatic carbocycles. The molecule has 3 aromatic rings. The highest BCUT2D eigenvalue weighted by Crippen LogP contribution is 2.11. The Kier molecular flexibility index (Phi) is 4.06. The van der Waals surface area contributed by atoms with Crippen molar-refractivity contribution in [1.29, 1.82) is 0 Å². The van der Waals surface area contributed by atoms with Gasteiger partial charge in [-0.3, -0.25) is 14.3 Å². The number of anilines is 2. The quantitative estimate of drug-likeness (QED) is 0.550. The molecule has 122 valence electrons. The minimum atomic E-state index is -0.809. The van der Waals surface area contributed by atoms with E-state index in [1.807, 2.05) is 6.92 Å². The van der Waals surface area contributed by atoms with E-state index in [0.29, 0.717) is 23.6 Å². The first kappa shape index (κ1) is 15.4. The lowest BCUT2D eigenvalue weighted by molar-refractivity contribution is -0.133. The summed E-state index contributed by atoms with van der Waals surface area (Å²) < 4.78 is 3.11. The van der Waals surface area contributed by atoms with Crippen LogP contribution in [0.2, 0.25) is 0 Å². The second-order valence-electron chi connectivity index (χ2n) is 5.09. The van der Waals surface area contributed by atoms with Crippen LogP contribution in [0.15, 0.2) is 43.6 Å². The number of hydrogen-bond donors (Lipinski definition) is 2. The molecular formula is C15H15N7O2. The summed E-state index contributed by atoms with van der Waals surface area (Å²) in [6, 6.07) is 0. The predicted octanol–water partition coefficient (Wildman–Crippen LogP) is 0.997. The average molecular weight is 325 g/mol. The summed E-state index contributed by atoms with van der Waals surface area (Å²) in [5, 5.41) is 13.1. The Morgan fingerprint density at radius 3 is 2.54 bits per heavy atom. The van der Waals surface area contributed by atoms with Gasteiger partial charge in [-0.2, -0.15) is 10.2 Å². The monoisotopic (exact) mass is 325 g/mol. The van der Waals surface area contributed by atoms with Crippen molar-refractivity contribution in [3.63, 3.8) is 0 Å². The summed E-state index contributed by atoms with van der Waals surface area (Å²) in [6.45, 7) is 5.99. The highest BCUT2D eigenvalue weighted by Gasteiger charge is 2.15. The van der Waals surface area contributed by atoms with Gasteiger partial charge in [0.2, 0.25) is 0 Å². The number of aryl methyl sites for hydroxylation is 1. The van der Waals surface area contributed by atoms with Gasteiger partial charge in [-0.1, -0.05) is 6.08 Å². The van der Waals surface area contributed by atoms with Gasteiger partial charge in [0, 0.05) is 11.8 Å². The summed E-state index contributed by atoms with van der Waals surface area (Å²) in [5.41, 5.74) is 2.40. The van der Waals surface area contributed by atoms with Crippen LogP contribution in [0.1, 0.15) is 5.56 Å². The molecule has 2 N–H and O–H groups in total. The molecule has 9 heteroatoms. The molecule has 0 aliphatic carbocycles. The number of aromatic nitrogens is 5. The fraction of sp³-hybridized carbons (Fsp3) is 0.133. The zero-order valence-corrected chi connectivity index (χ0v) is 12.9. The van der Waals surface area contributed by atoms with Crippen LogP contribution in [0, 0.1) is 6.92 Å². The number of amides is 2. The van der Waals surface area contributed by atoms with Gasteiger partial charge in [0.25, 0.3) is 0 Å². The van der Waals surface area contributed by atoms with Crippen molar-refractivity contribution in [2.24, 2.45) is 0 Å². The van der Waals surface area contributed by atoms with Crippen LogP contribution in [0.25, 0.3) is 5.65 Å². The zero-order valence-electron chi connectivity index (χ0n) is 12.9. The van der Waals surface area contributed by atoms with Gasteiger partial charge in [0.1, 0.15) is 0 Å². The summed E-state index contributed by atoms with van der Waals surface area (Å²) in [4.78, 5) is 28.1. The van der Waals surface area contributed by atoms with E-state index in [0.717, 1.165) is 5.56 Å². The molecule has 0 aliphatic rings. The molecule has 24 heavy (non-hydrogen) atoms. The molecule has 0 bridgehead atoms. The van der Waals surface area contributed by atoms with E-state index in [2.05, 4.69) is 32.4 Å². The lowest BCUT2D eigenvalue weighted by Crippen LogP contribution is -2.29. The molecule has 0 aliphatic heterocycles. The molecule has 3 rings (SSSR count). The number of nitrogens with zero attached hydrogens (tertiary/aromatic N) is 5. The maximum Gasteiger partial charge on any atom is 0.314 e. The largest absolute Gasteiger partial charge is 0.315 e. The van der Waals surface area contributed by atoms with Crippen molar-refractivity contribution in [3.05, 3.63) is 49.2 Å². The number of nitrogens with one attached hydrogen (secondary N) is 2. The molecule has 9 nitrogen and oxygen atoms in total. The number of fused-ring (bicyclic) bond motifs is 1. The zero-order chi connectivity index (χ0) is 17.1. The van der Waals surface area contributed by atoms with E-state index in [4.69, 9.17) is 0 Å². The number of allylic oxidation sites excluding steroid dienone is 1. The number of hydrogen-bond acceptors (Lipinski definition) is 5. The Labute approximate surface area is 137 Å². The van der Waals surface area contributed by atoms with E-state index in [1.54, 1.807) is 29.3 Å². The molecule has 0 saturated carbocycles. The van der Waals surface area contributed by atoms with Gasteiger partial charge >= 0.3 is 11.8 Å². The summed E-state index contributed by atoms with van der Waals surface area (Å²) >= 11 is 0. The van der Waals surface area contributed by atoms with Crippen LogP contribution < -0.4 is 10.6 Å². The Bertz CT molecular complexity index is 925. The van der Waals surface area contributed by atoms with Crippen molar-refractivity contribution in [2.75, 3.05) is 10.6 Å². The maximum atomic E-state index is 12.0. The summed E-state index contributed by atoms with van der Waals surface area (Å²) in [6.07, 6.45) is 9.45. The van der Waals surface area contributed by atoms with E-state index < -0.39 is 11.8 Å². The van der Waals surface area contributed by atoms with Crippen molar-refractivity contribution in [3.8, 4) is 0 Å². The molecule has 0 spiro atoms. The van der Waals surface area contributed by atoms with Crippen molar-refractivity contribution >= 4 is 28.8 Å². The van der Waals surface area contributed by atoms with Crippen molar-refractivity contribution < 1.29 is 9.59 Å². The van der Waals surface area contributed by atoms with Crippen molar-refractivity contribution in [2.45, 2.75) is 13.5 Å². The first-order valence-electron chi connectivity index (χ1n) is 7.12. The second kappa shape index (κ2) is 6.32.